The molecule has 3 atom stereocenters. The molecule has 3 aromatic carbocycles. The first-order chi connectivity index (χ1) is 21.3. The third-order valence-electron chi connectivity index (χ3n) is 8.49. The van der Waals surface area contributed by atoms with Gasteiger partial charge in [0.2, 0.25) is 5.91 Å². The summed E-state index contributed by atoms with van der Waals surface area (Å²) in [5.74, 6) is -1.93. The Bertz CT molecular complexity index is 1460. The van der Waals surface area contributed by atoms with Crippen LogP contribution in [0.5, 0.6) is 0 Å². The number of carbonyl (C=O) groups excluding carboxylic acids is 2. The first-order valence-corrected chi connectivity index (χ1v) is 14.7. The molecule has 240 valence electrons. The summed E-state index contributed by atoms with van der Waals surface area (Å²) in [7, 11) is 0. The van der Waals surface area contributed by atoms with Crippen molar-refractivity contribution in [3.8, 4) is 0 Å². The molecule has 1 N–H and O–H groups in total. The number of rotatable bonds is 6. The zero-order valence-electron chi connectivity index (χ0n) is 24.2. The Kier molecular flexibility index (Phi) is 9.52. The van der Waals surface area contributed by atoms with Crippen molar-refractivity contribution in [3.05, 3.63) is 106 Å². The molecule has 0 aromatic heterocycles. The summed E-state index contributed by atoms with van der Waals surface area (Å²) >= 11 is 0. The van der Waals surface area contributed by atoms with Crippen molar-refractivity contribution < 1.29 is 40.3 Å². The molecule has 0 bridgehead atoms. The lowest BCUT2D eigenvalue weighted by Crippen LogP contribution is -2.56. The van der Waals surface area contributed by atoms with Gasteiger partial charge in [-0.05, 0) is 67.3 Å². The lowest BCUT2D eigenvalue weighted by molar-refractivity contribution is -0.143. The number of benzene rings is 3. The minimum Gasteiger partial charge on any atom is -0.352 e. The molecule has 2 heterocycles. The van der Waals surface area contributed by atoms with E-state index in [1.807, 2.05) is 30.3 Å². The van der Waals surface area contributed by atoms with E-state index in [9.17, 15) is 40.3 Å². The molecule has 0 radical (unpaired) electrons. The van der Waals surface area contributed by atoms with Gasteiger partial charge in [-0.1, -0.05) is 42.5 Å². The topological polar surface area (TPSA) is 52.7 Å². The molecule has 2 saturated heterocycles. The second kappa shape index (κ2) is 13.2. The fourth-order valence-corrected chi connectivity index (χ4v) is 6.35. The average molecular weight is 636 g/mol. The third kappa shape index (κ3) is 8.02. The van der Waals surface area contributed by atoms with Crippen molar-refractivity contribution in [1.29, 1.82) is 0 Å². The van der Waals surface area contributed by atoms with Crippen LogP contribution in [-0.4, -0.2) is 59.9 Å². The van der Waals surface area contributed by atoms with E-state index in [0.717, 1.165) is 18.4 Å². The van der Waals surface area contributed by atoms with Gasteiger partial charge in [0, 0.05) is 43.2 Å². The van der Waals surface area contributed by atoms with Gasteiger partial charge in [0.15, 0.2) is 0 Å². The highest BCUT2D eigenvalue weighted by Gasteiger charge is 2.41. The lowest BCUT2D eigenvalue weighted by atomic mass is 9.83. The molecule has 3 aromatic rings. The van der Waals surface area contributed by atoms with Gasteiger partial charge in [0.1, 0.15) is 5.82 Å². The molecule has 5 rings (SSSR count). The number of amides is 2. The predicted octanol–water partition coefficient (Wildman–Crippen LogP) is 6.68. The van der Waals surface area contributed by atoms with E-state index >= 15 is 0 Å². The van der Waals surface area contributed by atoms with Crippen LogP contribution in [-0.2, 0) is 23.6 Å². The first-order valence-electron chi connectivity index (χ1n) is 14.7. The van der Waals surface area contributed by atoms with Gasteiger partial charge in [-0.2, -0.15) is 26.3 Å². The Morgan fingerprint density at radius 1 is 0.800 bits per heavy atom. The molecule has 2 aliphatic rings. The van der Waals surface area contributed by atoms with Crippen molar-refractivity contribution in [2.75, 3.05) is 26.2 Å². The molecule has 12 heteroatoms. The normalized spacial score (nSPS) is 21.4. The second-order valence-electron chi connectivity index (χ2n) is 11.6. The van der Waals surface area contributed by atoms with E-state index in [4.69, 9.17) is 0 Å². The Labute approximate surface area is 256 Å². The highest BCUT2D eigenvalue weighted by atomic mass is 19.4. The molecule has 5 nitrogen and oxygen atoms in total. The summed E-state index contributed by atoms with van der Waals surface area (Å²) in [5, 5.41) is 3.10. The highest BCUT2D eigenvalue weighted by molar-refractivity contribution is 5.95. The van der Waals surface area contributed by atoms with Crippen LogP contribution in [0.2, 0.25) is 0 Å². The highest BCUT2D eigenvalue weighted by Crippen LogP contribution is 2.38. The minimum absolute atomic E-state index is 0.00422. The summed E-state index contributed by atoms with van der Waals surface area (Å²) < 4.78 is 94.7. The smallest absolute Gasteiger partial charge is 0.352 e. The molecular formula is C33H32F7N3O2. The van der Waals surface area contributed by atoms with Crippen LogP contribution < -0.4 is 5.32 Å². The van der Waals surface area contributed by atoms with Gasteiger partial charge in [-0.25, -0.2) is 4.39 Å². The first kappa shape index (κ1) is 32.5. The molecule has 2 amide bonds. The van der Waals surface area contributed by atoms with E-state index in [1.165, 1.54) is 17.0 Å². The maximum absolute atomic E-state index is 13.8. The van der Waals surface area contributed by atoms with Crippen LogP contribution in [0.25, 0.3) is 0 Å². The number of likely N-dealkylation sites (tertiary alicyclic amines) is 2. The number of hydrogen-bond donors (Lipinski definition) is 1. The van der Waals surface area contributed by atoms with Crippen LogP contribution in [0.15, 0.2) is 72.8 Å². The number of nitrogens with one attached hydrogen (secondary N) is 1. The second-order valence-corrected chi connectivity index (χ2v) is 11.6. The van der Waals surface area contributed by atoms with E-state index in [1.54, 1.807) is 12.1 Å². The molecular weight excluding hydrogens is 603 g/mol. The van der Waals surface area contributed by atoms with E-state index < -0.39 is 46.7 Å². The Hall–Kier alpha value is -3.93. The van der Waals surface area contributed by atoms with Gasteiger partial charge in [-0.15, -0.1) is 0 Å². The summed E-state index contributed by atoms with van der Waals surface area (Å²) in [5.41, 5.74) is -2.24. The number of halogens is 7. The van der Waals surface area contributed by atoms with Gasteiger partial charge in [0.25, 0.3) is 5.91 Å². The summed E-state index contributed by atoms with van der Waals surface area (Å²) in [4.78, 5) is 29.7. The van der Waals surface area contributed by atoms with Crippen LogP contribution in [0.4, 0.5) is 30.7 Å². The monoisotopic (exact) mass is 635 g/mol. The van der Waals surface area contributed by atoms with Crippen LogP contribution in [0.1, 0.15) is 57.8 Å². The number of nitrogens with zero attached hydrogens (tertiary/aromatic N) is 2. The quantitative estimate of drug-likeness (QED) is 0.308. The fourth-order valence-electron chi connectivity index (χ4n) is 6.35. The maximum Gasteiger partial charge on any atom is 0.416 e. The summed E-state index contributed by atoms with van der Waals surface area (Å²) in [6.45, 7) is 1.33. The average Bonchev–Trinajstić information content (AvgIpc) is 3.00. The lowest BCUT2D eigenvalue weighted by Gasteiger charge is -2.47. The SMILES string of the molecule is O=C(Cc1ccccc1)NC1CCCN(C2CCN(C(=O)c3cc(C(F)(F)F)cc(C(F)(F)F)c3)CC2c2ccc(F)cc2)C1. The van der Waals surface area contributed by atoms with Crippen LogP contribution >= 0.6 is 0 Å². The predicted molar refractivity (Wildman–Crippen MR) is 153 cm³/mol. The number of piperidine rings is 2. The maximum atomic E-state index is 13.8. The number of alkyl halides is 6. The summed E-state index contributed by atoms with van der Waals surface area (Å²) in [6.07, 6.45) is -7.99. The minimum atomic E-state index is -5.08. The largest absolute Gasteiger partial charge is 0.416 e. The molecule has 2 fully saturated rings. The van der Waals surface area contributed by atoms with Gasteiger partial charge in [-0.3, -0.25) is 14.5 Å². The van der Waals surface area contributed by atoms with Crippen molar-refractivity contribution in [1.82, 2.24) is 15.1 Å². The van der Waals surface area contributed by atoms with Crippen molar-refractivity contribution >= 4 is 11.8 Å². The molecule has 3 unspecified atom stereocenters. The molecule has 2 aliphatic heterocycles. The Balaban J connectivity index is 1.36. The standard InChI is InChI=1S/C33H32F7N3O2/c34-26-10-8-22(9-11-26)28-20-43(31(45)23-16-24(32(35,36)37)18-25(17-23)33(38,39)40)14-12-29(28)42-13-4-7-27(19-42)41-30(44)15-21-5-2-1-3-6-21/h1-3,5-6,8-11,16-18,27-29H,4,7,12-15,19-20H2,(H,41,44). The van der Waals surface area contributed by atoms with E-state index in [2.05, 4.69) is 10.2 Å². The molecule has 0 saturated carbocycles. The third-order valence-corrected chi connectivity index (χ3v) is 8.49. The summed E-state index contributed by atoms with van der Waals surface area (Å²) in [6, 6.07) is 15.6. The van der Waals surface area contributed by atoms with Gasteiger partial charge < -0.3 is 10.2 Å². The Morgan fingerprint density at radius 3 is 2.07 bits per heavy atom. The zero-order chi connectivity index (χ0) is 32.4. The number of carbonyl (C=O) groups is 2. The molecule has 45 heavy (non-hydrogen) atoms. The Morgan fingerprint density at radius 2 is 1.44 bits per heavy atom. The van der Waals surface area contributed by atoms with E-state index in [0.29, 0.717) is 37.2 Å². The van der Waals surface area contributed by atoms with Gasteiger partial charge in [0.05, 0.1) is 17.5 Å². The van der Waals surface area contributed by atoms with Crippen molar-refractivity contribution in [2.24, 2.45) is 0 Å². The molecule has 0 spiro atoms. The van der Waals surface area contributed by atoms with Crippen molar-refractivity contribution in [2.45, 2.75) is 56.0 Å². The van der Waals surface area contributed by atoms with Crippen LogP contribution in [0, 0.1) is 5.82 Å². The fraction of sp³-hybridized carbons (Fsp3) is 0.394. The van der Waals surface area contributed by atoms with Crippen molar-refractivity contribution in [3.63, 3.8) is 0 Å². The van der Waals surface area contributed by atoms with Gasteiger partial charge >= 0.3 is 12.4 Å². The van der Waals surface area contributed by atoms with E-state index in [-0.39, 0.29) is 43.6 Å². The van der Waals surface area contributed by atoms with Crippen LogP contribution in [0.3, 0.4) is 0 Å². The zero-order valence-corrected chi connectivity index (χ0v) is 24.2. The molecule has 0 aliphatic carbocycles. The number of hydrogen-bond acceptors (Lipinski definition) is 3.